The highest BCUT2D eigenvalue weighted by atomic mass is 35.5. The van der Waals surface area contributed by atoms with Crippen LogP contribution >= 0.6 is 11.6 Å². The molecule has 0 spiro atoms. The molecule has 0 radical (unpaired) electrons. The molecule has 7 heteroatoms. The molecule has 0 saturated carbocycles. The van der Waals surface area contributed by atoms with Crippen LogP contribution in [0.4, 0.5) is 18.9 Å². The van der Waals surface area contributed by atoms with Crippen LogP contribution in [0.5, 0.6) is 0 Å². The number of hydrogen-bond donors (Lipinski definition) is 1. The van der Waals surface area contributed by atoms with E-state index in [9.17, 15) is 18.0 Å². The van der Waals surface area contributed by atoms with Gasteiger partial charge in [0.05, 0.1) is 16.3 Å². The maximum absolute atomic E-state index is 11.8. The highest BCUT2D eigenvalue weighted by Crippen LogP contribution is 2.23. The maximum Gasteiger partial charge on any atom is 0.422 e. The summed E-state index contributed by atoms with van der Waals surface area (Å²) >= 11 is 5.59. The Labute approximate surface area is 93.9 Å². The Morgan fingerprint density at radius 2 is 2.06 bits per heavy atom. The zero-order valence-electron chi connectivity index (χ0n) is 7.84. The largest absolute Gasteiger partial charge is 0.452 e. The lowest BCUT2D eigenvalue weighted by Gasteiger charge is -2.09. The highest BCUT2D eigenvalue weighted by Gasteiger charge is 2.30. The molecule has 3 nitrogen and oxygen atoms in total. The van der Waals surface area contributed by atoms with Crippen molar-refractivity contribution >= 4 is 23.3 Å². The molecule has 1 rings (SSSR count). The summed E-state index contributed by atoms with van der Waals surface area (Å²) in [7, 11) is 0. The van der Waals surface area contributed by atoms with Crippen LogP contribution < -0.4 is 5.73 Å². The van der Waals surface area contributed by atoms with Gasteiger partial charge < -0.3 is 10.5 Å². The molecule has 0 unspecified atom stereocenters. The number of hydrogen-bond acceptors (Lipinski definition) is 3. The van der Waals surface area contributed by atoms with Crippen molar-refractivity contribution in [3.8, 4) is 0 Å². The molecule has 0 bridgehead atoms. The van der Waals surface area contributed by atoms with E-state index in [1.807, 2.05) is 0 Å². The predicted octanol–water partition coefficient (Wildman–Crippen LogP) is 2.64. The first-order valence-corrected chi connectivity index (χ1v) is 4.47. The minimum absolute atomic E-state index is 0.0847. The summed E-state index contributed by atoms with van der Waals surface area (Å²) in [5, 5.41) is 0.0847. The van der Waals surface area contributed by atoms with Crippen LogP contribution in [0.15, 0.2) is 18.2 Å². The Balaban J connectivity index is 2.78. The van der Waals surface area contributed by atoms with Gasteiger partial charge in [0.15, 0.2) is 6.61 Å². The molecule has 0 aromatic heterocycles. The number of nitrogen functional groups attached to an aromatic ring is 1. The van der Waals surface area contributed by atoms with E-state index in [0.29, 0.717) is 0 Å². The van der Waals surface area contributed by atoms with Crippen molar-refractivity contribution in [2.24, 2.45) is 0 Å². The first-order chi connectivity index (χ1) is 7.31. The lowest BCUT2D eigenvalue weighted by atomic mass is 10.2. The van der Waals surface area contributed by atoms with E-state index in [2.05, 4.69) is 4.74 Å². The van der Waals surface area contributed by atoms with Gasteiger partial charge in [-0.2, -0.15) is 13.2 Å². The molecule has 0 amide bonds. The fraction of sp³-hybridized carbons (Fsp3) is 0.222. The summed E-state index contributed by atoms with van der Waals surface area (Å²) < 4.78 is 39.4. The van der Waals surface area contributed by atoms with Crippen molar-refractivity contribution in [3.63, 3.8) is 0 Å². The minimum atomic E-state index is -4.57. The molecular weight excluding hydrogens is 247 g/mol. The van der Waals surface area contributed by atoms with Crippen LogP contribution in [0.25, 0.3) is 0 Å². The lowest BCUT2D eigenvalue weighted by molar-refractivity contribution is -0.161. The maximum atomic E-state index is 11.8. The third kappa shape index (κ3) is 3.30. The van der Waals surface area contributed by atoms with Crippen LogP contribution in [0.2, 0.25) is 5.02 Å². The number of esters is 1. The number of nitrogens with two attached hydrogens (primary N) is 1. The lowest BCUT2D eigenvalue weighted by Crippen LogP contribution is -2.20. The molecule has 1 aromatic carbocycles. The number of ether oxygens (including phenoxy) is 1. The van der Waals surface area contributed by atoms with Gasteiger partial charge in [-0.25, -0.2) is 4.79 Å². The van der Waals surface area contributed by atoms with Crippen molar-refractivity contribution in [1.82, 2.24) is 0 Å². The van der Waals surface area contributed by atoms with E-state index in [0.717, 1.165) is 0 Å². The average molecular weight is 254 g/mol. The van der Waals surface area contributed by atoms with E-state index in [-0.39, 0.29) is 16.3 Å². The van der Waals surface area contributed by atoms with Crippen molar-refractivity contribution < 1.29 is 22.7 Å². The molecule has 16 heavy (non-hydrogen) atoms. The predicted molar refractivity (Wildman–Crippen MR) is 52.2 cm³/mol. The topological polar surface area (TPSA) is 52.3 Å². The second kappa shape index (κ2) is 4.61. The van der Waals surface area contributed by atoms with Crippen LogP contribution in [0, 0.1) is 0 Å². The second-order valence-corrected chi connectivity index (χ2v) is 3.30. The number of alkyl halides is 3. The number of carbonyl (C=O) groups excluding carboxylic acids is 1. The Hall–Kier alpha value is -1.43. The number of anilines is 1. The molecule has 1 aromatic rings. The molecule has 0 saturated heterocycles. The van der Waals surface area contributed by atoms with Crippen molar-refractivity contribution in [2.45, 2.75) is 6.18 Å². The number of rotatable bonds is 2. The van der Waals surface area contributed by atoms with Crippen LogP contribution in [-0.2, 0) is 4.74 Å². The van der Waals surface area contributed by atoms with Gasteiger partial charge in [-0.3, -0.25) is 0 Å². The monoisotopic (exact) mass is 253 g/mol. The van der Waals surface area contributed by atoms with Crippen LogP contribution in [0.3, 0.4) is 0 Å². The second-order valence-electron chi connectivity index (χ2n) is 2.89. The summed E-state index contributed by atoms with van der Waals surface area (Å²) in [6.45, 7) is -1.65. The van der Waals surface area contributed by atoms with Gasteiger partial charge in [0, 0.05) is 0 Å². The van der Waals surface area contributed by atoms with Crippen molar-refractivity contribution in [1.29, 1.82) is 0 Å². The summed E-state index contributed by atoms with van der Waals surface area (Å²) in [6.07, 6.45) is -4.57. The molecular formula is C9H7ClF3NO2. The Bertz CT molecular complexity index is 406. The van der Waals surface area contributed by atoms with E-state index < -0.39 is 18.8 Å². The SMILES string of the molecule is Nc1c(Cl)cccc1C(=O)OCC(F)(F)F. The standard InChI is InChI=1S/C9H7ClF3NO2/c10-6-3-1-2-5(7(6)14)8(15)16-4-9(11,12)13/h1-3H,4,14H2. The molecule has 0 atom stereocenters. The molecule has 88 valence electrons. The van der Waals surface area contributed by atoms with Crippen LogP contribution in [-0.4, -0.2) is 18.8 Å². The van der Waals surface area contributed by atoms with Gasteiger partial charge in [0.25, 0.3) is 0 Å². The first kappa shape index (κ1) is 12.6. The minimum Gasteiger partial charge on any atom is -0.452 e. The highest BCUT2D eigenvalue weighted by molar-refractivity contribution is 6.33. The van der Waals surface area contributed by atoms with Gasteiger partial charge in [-0.05, 0) is 12.1 Å². The Morgan fingerprint density at radius 3 is 2.62 bits per heavy atom. The van der Waals surface area contributed by atoms with Gasteiger partial charge in [-0.15, -0.1) is 0 Å². The fourth-order valence-electron chi connectivity index (χ4n) is 0.940. The average Bonchev–Trinajstić information content (AvgIpc) is 2.17. The van der Waals surface area contributed by atoms with Crippen LogP contribution in [0.1, 0.15) is 10.4 Å². The van der Waals surface area contributed by atoms with E-state index in [4.69, 9.17) is 17.3 Å². The Morgan fingerprint density at radius 1 is 1.44 bits per heavy atom. The van der Waals surface area contributed by atoms with E-state index in [1.54, 1.807) is 0 Å². The zero-order chi connectivity index (χ0) is 12.3. The number of halogens is 4. The summed E-state index contributed by atoms with van der Waals surface area (Å²) in [6, 6.07) is 4.04. The molecule has 0 fully saturated rings. The molecule has 0 aliphatic carbocycles. The third-order valence-electron chi connectivity index (χ3n) is 1.64. The zero-order valence-corrected chi connectivity index (χ0v) is 8.60. The Kier molecular flexibility index (Phi) is 3.64. The molecule has 0 aliphatic rings. The molecule has 2 N–H and O–H groups in total. The summed E-state index contributed by atoms with van der Waals surface area (Å²) in [5.74, 6) is -1.16. The summed E-state index contributed by atoms with van der Waals surface area (Å²) in [4.78, 5) is 11.2. The number of benzene rings is 1. The van der Waals surface area contributed by atoms with E-state index >= 15 is 0 Å². The normalized spacial score (nSPS) is 11.2. The van der Waals surface area contributed by atoms with E-state index in [1.165, 1.54) is 18.2 Å². The number of para-hydroxylation sites is 1. The van der Waals surface area contributed by atoms with Gasteiger partial charge in [0.1, 0.15) is 0 Å². The van der Waals surface area contributed by atoms with Crippen molar-refractivity contribution in [3.05, 3.63) is 28.8 Å². The van der Waals surface area contributed by atoms with Crippen molar-refractivity contribution in [2.75, 3.05) is 12.3 Å². The third-order valence-corrected chi connectivity index (χ3v) is 1.97. The van der Waals surface area contributed by atoms with Gasteiger partial charge in [0.2, 0.25) is 0 Å². The summed E-state index contributed by atoms with van der Waals surface area (Å²) in [5.41, 5.74) is 5.12. The first-order valence-electron chi connectivity index (χ1n) is 4.09. The fourth-order valence-corrected chi connectivity index (χ4v) is 1.11. The number of carbonyl (C=O) groups is 1. The van der Waals surface area contributed by atoms with Gasteiger partial charge in [-0.1, -0.05) is 17.7 Å². The van der Waals surface area contributed by atoms with Gasteiger partial charge >= 0.3 is 12.1 Å². The smallest absolute Gasteiger partial charge is 0.422 e. The molecule has 0 aliphatic heterocycles. The quantitative estimate of drug-likeness (QED) is 0.651. The molecule has 0 heterocycles.